The average Bonchev–Trinajstić information content (AvgIpc) is 2.63. The topological polar surface area (TPSA) is 72.4 Å². The van der Waals surface area contributed by atoms with E-state index in [1.807, 2.05) is 42.5 Å². The van der Waals surface area contributed by atoms with Gasteiger partial charge >= 0.3 is 0 Å². The number of nitrogens with two attached hydrogens (primary N) is 2. The van der Waals surface area contributed by atoms with Gasteiger partial charge in [0.15, 0.2) is 0 Å². The summed E-state index contributed by atoms with van der Waals surface area (Å²) in [5.74, 6) is -0.476. The van der Waals surface area contributed by atoms with Crippen molar-refractivity contribution in [2.75, 3.05) is 10.6 Å². The molecule has 0 saturated heterocycles. The molecule has 25 heavy (non-hydrogen) atoms. The number of amides is 1. The Morgan fingerprint density at radius 1 is 0.800 bits per heavy atom. The van der Waals surface area contributed by atoms with Gasteiger partial charge in [0.2, 0.25) is 5.91 Å². The summed E-state index contributed by atoms with van der Waals surface area (Å²) in [6.45, 7) is 1.44. The van der Waals surface area contributed by atoms with Crippen LogP contribution < -0.4 is 16.4 Å². The third-order valence-corrected chi connectivity index (χ3v) is 4.09. The number of rotatable bonds is 6. The molecule has 4 heteroatoms. The first-order chi connectivity index (χ1) is 12.1. The maximum Gasteiger partial charge on any atom is 0.248 e. The number of nitrogen functional groups attached to an aromatic ring is 1. The fourth-order valence-corrected chi connectivity index (χ4v) is 2.83. The smallest absolute Gasteiger partial charge is 0.248 e. The van der Waals surface area contributed by atoms with E-state index in [1.165, 1.54) is 11.1 Å². The van der Waals surface area contributed by atoms with Crippen LogP contribution in [0.3, 0.4) is 0 Å². The highest BCUT2D eigenvalue weighted by molar-refractivity contribution is 5.94. The van der Waals surface area contributed by atoms with E-state index >= 15 is 0 Å². The van der Waals surface area contributed by atoms with Crippen molar-refractivity contribution in [3.8, 4) is 0 Å². The van der Waals surface area contributed by atoms with Crippen LogP contribution in [0.25, 0.3) is 0 Å². The zero-order chi connectivity index (χ0) is 17.6. The highest BCUT2D eigenvalue weighted by Crippen LogP contribution is 2.27. The van der Waals surface area contributed by atoms with Crippen molar-refractivity contribution in [3.05, 3.63) is 95.6 Å². The quantitative estimate of drug-likeness (QED) is 0.678. The molecule has 4 nitrogen and oxygen atoms in total. The zero-order valence-corrected chi connectivity index (χ0v) is 13.9. The van der Waals surface area contributed by atoms with E-state index in [9.17, 15) is 4.79 Å². The van der Waals surface area contributed by atoms with Gasteiger partial charge < -0.3 is 16.4 Å². The van der Waals surface area contributed by atoms with Crippen LogP contribution in [-0.2, 0) is 13.1 Å². The molecule has 0 atom stereocenters. The van der Waals surface area contributed by atoms with Gasteiger partial charge in [-0.3, -0.25) is 4.79 Å². The number of carbonyl (C=O) groups is 1. The van der Waals surface area contributed by atoms with Crippen LogP contribution in [-0.4, -0.2) is 5.91 Å². The first-order valence-corrected chi connectivity index (χ1v) is 8.15. The third kappa shape index (κ3) is 4.18. The van der Waals surface area contributed by atoms with Crippen LogP contribution in [0.4, 0.5) is 11.4 Å². The highest BCUT2D eigenvalue weighted by Gasteiger charge is 2.13. The van der Waals surface area contributed by atoms with Crippen molar-refractivity contribution in [1.29, 1.82) is 0 Å². The van der Waals surface area contributed by atoms with E-state index < -0.39 is 5.91 Å². The maximum atomic E-state index is 11.4. The molecule has 3 rings (SSSR count). The van der Waals surface area contributed by atoms with Crippen LogP contribution in [0.2, 0.25) is 0 Å². The molecule has 0 saturated carbocycles. The van der Waals surface area contributed by atoms with Crippen molar-refractivity contribution in [2.45, 2.75) is 13.1 Å². The number of anilines is 2. The lowest BCUT2D eigenvalue weighted by Crippen LogP contribution is -2.23. The predicted octanol–water partition coefficient (Wildman–Crippen LogP) is 3.57. The van der Waals surface area contributed by atoms with Gasteiger partial charge in [-0.15, -0.1) is 0 Å². The molecule has 126 valence electrons. The summed E-state index contributed by atoms with van der Waals surface area (Å²) < 4.78 is 0. The Balaban J connectivity index is 1.94. The Morgan fingerprint density at radius 2 is 1.32 bits per heavy atom. The van der Waals surface area contributed by atoms with Gasteiger partial charge in [-0.25, -0.2) is 0 Å². The molecule has 0 aliphatic carbocycles. The van der Waals surface area contributed by atoms with Gasteiger partial charge in [0.1, 0.15) is 0 Å². The molecule has 0 heterocycles. The number of hydrogen-bond donors (Lipinski definition) is 2. The minimum Gasteiger partial charge on any atom is -0.397 e. The Hall–Kier alpha value is -3.27. The van der Waals surface area contributed by atoms with E-state index in [4.69, 9.17) is 11.5 Å². The molecule has 0 unspecified atom stereocenters. The standard InChI is InChI=1S/C21H21N3O/c22-19-13-18(21(23)25)11-12-20(19)24(14-16-7-3-1-4-8-16)15-17-9-5-2-6-10-17/h1-13H,14-15,22H2,(H2,23,25). The molecule has 3 aromatic rings. The summed E-state index contributed by atoms with van der Waals surface area (Å²) in [6.07, 6.45) is 0. The van der Waals surface area contributed by atoms with Gasteiger partial charge in [-0.05, 0) is 29.3 Å². The monoisotopic (exact) mass is 331 g/mol. The summed E-state index contributed by atoms with van der Waals surface area (Å²) in [6, 6.07) is 25.7. The van der Waals surface area contributed by atoms with E-state index in [0.717, 1.165) is 18.8 Å². The SMILES string of the molecule is NC(=O)c1ccc(N(Cc2ccccc2)Cc2ccccc2)c(N)c1. The summed E-state index contributed by atoms with van der Waals surface area (Å²) >= 11 is 0. The zero-order valence-electron chi connectivity index (χ0n) is 13.9. The number of hydrogen-bond acceptors (Lipinski definition) is 3. The molecule has 0 bridgehead atoms. The number of carbonyl (C=O) groups excluding carboxylic acids is 1. The summed E-state index contributed by atoms with van der Waals surface area (Å²) in [5.41, 5.74) is 15.8. The second kappa shape index (κ2) is 7.53. The minimum absolute atomic E-state index is 0.417. The molecular weight excluding hydrogens is 310 g/mol. The molecule has 0 radical (unpaired) electrons. The van der Waals surface area contributed by atoms with Crippen molar-refractivity contribution in [1.82, 2.24) is 0 Å². The second-order valence-electron chi connectivity index (χ2n) is 5.97. The molecule has 0 aliphatic heterocycles. The largest absolute Gasteiger partial charge is 0.397 e. The van der Waals surface area contributed by atoms with Gasteiger partial charge in [-0.2, -0.15) is 0 Å². The Morgan fingerprint density at radius 3 is 1.76 bits per heavy atom. The van der Waals surface area contributed by atoms with Crippen LogP contribution in [0.5, 0.6) is 0 Å². The average molecular weight is 331 g/mol. The Bertz CT molecular complexity index is 806. The van der Waals surface area contributed by atoms with Crippen molar-refractivity contribution < 1.29 is 4.79 Å². The van der Waals surface area contributed by atoms with Crippen LogP contribution in [0.15, 0.2) is 78.9 Å². The molecule has 0 aliphatic rings. The summed E-state index contributed by atoms with van der Waals surface area (Å²) in [7, 11) is 0. The van der Waals surface area contributed by atoms with Gasteiger partial charge in [-0.1, -0.05) is 60.7 Å². The van der Waals surface area contributed by atoms with E-state index in [0.29, 0.717) is 11.3 Å². The Labute approximate surface area is 147 Å². The van der Waals surface area contributed by atoms with E-state index in [-0.39, 0.29) is 0 Å². The second-order valence-corrected chi connectivity index (χ2v) is 5.97. The first-order valence-electron chi connectivity index (χ1n) is 8.15. The van der Waals surface area contributed by atoms with Gasteiger partial charge in [0.05, 0.1) is 11.4 Å². The van der Waals surface area contributed by atoms with E-state index in [1.54, 1.807) is 12.1 Å². The molecule has 3 aromatic carbocycles. The summed E-state index contributed by atoms with van der Waals surface area (Å²) in [4.78, 5) is 13.6. The third-order valence-electron chi connectivity index (χ3n) is 4.09. The lowest BCUT2D eigenvalue weighted by atomic mass is 10.1. The van der Waals surface area contributed by atoms with E-state index in [2.05, 4.69) is 29.2 Å². The Kier molecular flexibility index (Phi) is 5.00. The molecule has 1 amide bonds. The van der Waals surface area contributed by atoms with Gasteiger partial charge in [0.25, 0.3) is 0 Å². The van der Waals surface area contributed by atoms with Crippen LogP contribution >= 0.6 is 0 Å². The lowest BCUT2D eigenvalue weighted by molar-refractivity contribution is 0.100. The first kappa shape index (κ1) is 16.6. The highest BCUT2D eigenvalue weighted by atomic mass is 16.1. The van der Waals surface area contributed by atoms with Crippen LogP contribution in [0, 0.1) is 0 Å². The molecule has 4 N–H and O–H groups in total. The maximum absolute atomic E-state index is 11.4. The molecule has 0 aromatic heterocycles. The minimum atomic E-state index is -0.476. The van der Waals surface area contributed by atoms with Gasteiger partial charge in [0, 0.05) is 18.7 Å². The molecule has 0 spiro atoms. The normalized spacial score (nSPS) is 10.4. The number of primary amides is 1. The number of benzene rings is 3. The van der Waals surface area contributed by atoms with Crippen molar-refractivity contribution in [3.63, 3.8) is 0 Å². The van der Waals surface area contributed by atoms with Crippen LogP contribution in [0.1, 0.15) is 21.5 Å². The number of nitrogens with zero attached hydrogens (tertiary/aromatic N) is 1. The molecular formula is C21H21N3O. The fraction of sp³-hybridized carbons (Fsp3) is 0.0952. The molecule has 0 fully saturated rings. The lowest BCUT2D eigenvalue weighted by Gasteiger charge is -2.27. The fourth-order valence-electron chi connectivity index (χ4n) is 2.83. The summed E-state index contributed by atoms with van der Waals surface area (Å²) in [5, 5.41) is 0. The predicted molar refractivity (Wildman–Crippen MR) is 102 cm³/mol. The van der Waals surface area contributed by atoms with Crippen molar-refractivity contribution >= 4 is 17.3 Å². The van der Waals surface area contributed by atoms with Crippen molar-refractivity contribution in [2.24, 2.45) is 5.73 Å².